The predicted octanol–water partition coefficient (Wildman–Crippen LogP) is 4.63. The van der Waals surface area contributed by atoms with E-state index >= 15 is 0 Å². The summed E-state index contributed by atoms with van der Waals surface area (Å²) < 4.78 is 0. The monoisotopic (exact) mass is 468 g/mol. The second-order valence-electron chi connectivity index (χ2n) is 9.21. The van der Waals surface area contributed by atoms with Crippen LogP contribution in [-0.4, -0.2) is 77.5 Å². The SMILES string of the molecule is CC.CCCCCCCCCN1CCN(C(=O)CCCCC2SCC3NC(=O)NC32)CC1. The van der Waals surface area contributed by atoms with Crippen LogP contribution in [-0.2, 0) is 4.79 Å². The molecule has 0 aromatic rings. The molecule has 0 bridgehead atoms. The van der Waals surface area contributed by atoms with Gasteiger partial charge in [0.15, 0.2) is 0 Å². The van der Waals surface area contributed by atoms with Gasteiger partial charge in [-0.2, -0.15) is 11.8 Å². The quantitative estimate of drug-likeness (QED) is 0.305. The lowest BCUT2D eigenvalue weighted by atomic mass is 10.0. The second-order valence-corrected chi connectivity index (χ2v) is 10.5. The van der Waals surface area contributed by atoms with Crippen LogP contribution in [0.1, 0.15) is 91.4 Å². The van der Waals surface area contributed by atoms with E-state index in [1.54, 1.807) is 0 Å². The maximum absolute atomic E-state index is 12.5. The Labute approximate surface area is 201 Å². The normalized spacial score (nSPS) is 25.0. The summed E-state index contributed by atoms with van der Waals surface area (Å²) in [5, 5.41) is 6.54. The summed E-state index contributed by atoms with van der Waals surface area (Å²) in [6, 6.07) is 0.561. The number of carbonyl (C=O) groups excluding carboxylic acids is 2. The van der Waals surface area contributed by atoms with Crippen molar-refractivity contribution in [2.75, 3.05) is 38.5 Å². The van der Waals surface area contributed by atoms with E-state index in [9.17, 15) is 9.59 Å². The lowest BCUT2D eigenvalue weighted by Gasteiger charge is -2.34. The van der Waals surface area contributed by atoms with Gasteiger partial charge in [0.2, 0.25) is 5.91 Å². The van der Waals surface area contributed by atoms with Crippen LogP contribution in [0.4, 0.5) is 4.79 Å². The minimum absolute atomic E-state index is 0.0170. The van der Waals surface area contributed by atoms with Crippen LogP contribution in [0, 0.1) is 0 Å². The fourth-order valence-electron chi connectivity index (χ4n) is 4.94. The molecule has 7 heteroatoms. The Morgan fingerprint density at radius 3 is 2.34 bits per heavy atom. The summed E-state index contributed by atoms with van der Waals surface area (Å²) >= 11 is 1.96. The molecule has 32 heavy (non-hydrogen) atoms. The van der Waals surface area contributed by atoms with Gasteiger partial charge >= 0.3 is 6.03 Å². The van der Waals surface area contributed by atoms with Gasteiger partial charge < -0.3 is 15.5 Å². The fourth-order valence-corrected chi connectivity index (χ4v) is 6.48. The zero-order chi connectivity index (χ0) is 23.2. The van der Waals surface area contributed by atoms with Crippen molar-refractivity contribution in [3.8, 4) is 0 Å². The van der Waals surface area contributed by atoms with Crippen molar-refractivity contribution < 1.29 is 9.59 Å². The molecule has 3 atom stereocenters. The van der Waals surface area contributed by atoms with E-state index in [-0.39, 0.29) is 12.1 Å². The van der Waals surface area contributed by atoms with Gasteiger partial charge in [0.1, 0.15) is 0 Å². The molecule has 0 saturated carbocycles. The van der Waals surface area contributed by atoms with E-state index in [1.165, 1.54) is 51.5 Å². The first-order chi connectivity index (χ1) is 15.7. The van der Waals surface area contributed by atoms with Gasteiger partial charge in [0, 0.05) is 43.6 Å². The Morgan fingerprint density at radius 2 is 1.62 bits per heavy atom. The molecule has 3 heterocycles. The van der Waals surface area contributed by atoms with Gasteiger partial charge in [-0.05, 0) is 25.8 Å². The topological polar surface area (TPSA) is 64.7 Å². The highest BCUT2D eigenvalue weighted by molar-refractivity contribution is 8.00. The first kappa shape index (κ1) is 27.3. The summed E-state index contributed by atoms with van der Waals surface area (Å²) in [6.07, 6.45) is 13.3. The minimum Gasteiger partial charge on any atom is -0.340 e. The molecular formula is C25H48N4O2S. The van der Waals surface area contributed by atoms with Crippen molar-refractivity contribution >= 4 is 23.7 Å². The van der Waals surface area contributed by atoms with Crippen molar-refractivity contribution in [3.63, 3.8) is 0 Å². The molecule has 0 aromatic heterocycles. The molecular weight excluding hydrogens is 420 g/mol. The number of nitrogens with one attached hydrogen (secondary N) is 2. The highest BCUT2D eigenvalue weighted by Crippen LogP contribution is 2.33. The molecule has 3 saturated heterocycles. The number of hydrogen-bond donors (Lipinski definition) is 2. The first-order valence-corrected chi connectivity index (χ1v) is 14.4. The Bertz CT molecular complexity index is 540. The van der Waals surface area contributed by atoms with Crippen LogP contribution in [0.15, 0.2) is 0 Å². The number of piperazine rings is 1. The molecule has 3 aliphatic rings. The van der Waals surface area contributed by atoms with Crippen molar-refractivity contribution in [1.29, 1.82) is 0 Å². The summed E-state index contributed by atoms with van der Waals surface area (Å²) in [7, 11) is 0. The summed E-state index contributed by atoms with van der Waals surface area (Å²) in [5.74, 6) is 1.34. The summed E-state index contributed by atoms with van der Waals surface area (Å²) in [6.45, 7) is 11.3. The Kier molecular flexibility index (Phi) is 13.5. The molecule has 0 radical (unpaired) electrons. The maximum Gasteiger partial charge on any atom is 0.315 e. The number of fused-ring (bicyclic) bond motifs is 1. The first-order valence-electron chi connectivity index (χ1n) is 13.4. The van der Waals surface area contributed by atoms with Gasteiger partial charge in [-0.25, -0.2) is 4.79 Å². The number of thioether (sulfide) groups is 1. The molecule has 0 spiro atoms. The van der Waals surface area contributed by atoms with Crippen LogP contribution in [0.3, 0.4) is 0 Å². The summed E-state index contributed by atoms with van der Waals surface area (Å²) in [4.78, 5) is 28.6. The van der Waals surface area contributed by atoms with E-state index in [1.807, 2.05) is 25.6 Å². The average molecular weight is 469 g/mol. The Morgan fingerprint density at radius 1 is 0.938 bits per heavy atom. The predicted molar refractivity (Wildman–Crippen MR) is 136 cm³/mol. The highest BCUT2D eigenvalue weighted by atomic mass is 32.2. The summed E-state index contributed by atoms with van der Waals surface area (Å²) in [5.41, 5.74) is 0. The third kappa shape index (κ3) is 9.12. The number of amides is 3. The van der Waals surface area contributed by atoms with Crippen LogP contribution in [0.5, 0.6) is 0 Å². The van der Waals surface area contributed by atoms with E-state index in [2.05, 4.69) is 27.4 Å². The van der Waals surface area contributed by atoms with Crippen LogP contribution < -0.4 is 10.6 Å². The van der Waals surface area contributed by atoms with Crippen LogP contribution in [0.25, 0.3) is 0 Å². The van der Waals surface area contributed by atoms with Crippen LogP contribution in [0.2, 0.25) is 0 Å². The van der Waals surface area contributed by atoms with E-state index in [0.717, 1.165) is 51.2 Å². The second kappa shape index (κ2) is 15.8. The van der Waals surface area contributed by atoms with E-state index in [4.69, 9.17) is 0 Å². The minimum atomic E-state index is -0.0170. The molecule has 3 rings (SSSR count). The Balaban J connectivity index is 0.00000176. The third-order valence-electron chi connectivity index (χ3n) is 6.87. The number of hydrogen-bond acceptors (Lipinski definition) is 4. The van der Waals surface area contributed by atoms with Crippen molar-refractivity contribution in [2.24, 2.45) is 0 Å². The van der Waals surface area contributed by atoms with Gasteiger partial charge in [0.25, 0.3) is 0 Å². The van der Waals surface area contributed by atoms with Gasteiger partial charge in [-0.1, -0.05) is 65.7 Å². The molecule has 3 aliphatic heterocycles. The van der Waals surface area contributed by atoms with Gasteiger partial charge in [-0.15, -0.1) is 0 Å². The standard InChI is InChI=1S/C23H42N4O2S.C2H6/c1-2-3-4-5-6-7-10-13-26-14-16-27(17-15-26)21(28)12-9-8-11-20-22-19(18-30-20)24-23(29)25-22;1-2/h19-20,22H,2-18H2,1H3,(H2,24,25,29);1-2H3. The molecule has 0 aliphatic carbocycles. The number of carbonyl (C=O) groups is 2. The smallest absolute Gasteiger partial charge is 0.315 e. The molecule has 2 N–H and O–H groups in total. The number of rotatable bonds is 13. The largest absolute Gasteiger partial charge is 0.340 e. The zero-order valence-corrected chi connectivity index (χ0v) is 21.7. The highest BCUT2D eigenvalue weighted by Gasteiger charge is 2.42. The zero-order valence-electron chi connectivity index (χ0n) is 20.9. The van der Waals surface area contributed by atoms with Gasteiger partial charge in [0.05, 0.1) is 12.1 Å². The van der Waals surface area contributed by atoms with Crippen molar-refractivity contribution in [3.05, 3.63) is 0 Å². The average Bonchev–Trinajstić information content (AvgIpc) is 3.37. The number of unbranched alkanes of at least 4 members (excludes halogenated alkanes) is 7. The molecule has 186 valence electrons. The molecule has 3 unspecified atom stereocenters. The van der Waals surface area contributed by atoms with Crippen molar-refractivity contribution in [2.45, 2.75) is 109 Å². The third-order valence-corrected chi connectivity index (χ3v) is 8.38. The number of nitrogens with zero attached hydrogens (tertiary/aromatic N) is 2. The lowest BCUT2D eigenvalue weighted by Crippen LogP contribution is -2.48. The molecule has 3 amide bonds. The fraction of sp³-hybridized carbons (Fsp3) is 0.920. The van der Waals surface area contributed by atoms with E-state index in [0.29, 0.717) is 23.6 Å². The molecule has 6 nitrogen and oxygen atoms in total. The molecule has 3 fully saturated rings. The number of urea groups is 1. The van der Waals surface area contributed by atoms with Crippen LogP contribution >= 0.6 is 11.8 Å². The maximum atomic E-state index is 12.5. The lowest BCUT2D eigenvalue weighted by molar-refractivity contribution is -0.133. The Hall–Kier alpha value is -0.950. The van der Waals surface area contributed by atoms with E-state index < -0.39 is 0 Å². The van der Waals surface area contributed by atoms with Crippen molar-refractivity contribution in [1.82, 2.24) is 20.4 Å². The molecule has 0 aromatic carbocycles. The van der Waals surface area contributed by atoms with Gasteiger partial charge in [-0.3, -0.25) is 9.69 Å².